The monoisotopic (exact) mass is 294 g/mol. The van der Waals surface area contributed by atoms with Crippen molar-refractivity contribution in [2.75, 3.05) is 37.0 Å². The summed E-state index contributed by atoms with van der Waals surface area (Å²) in [6.07, 6.45) is 0. The molecule has 2 heterocycles. The number of hydrogen-bond acceptors (Lipinski definition) is 6. The molecule has 1 atom stereocenters. The van der Waals surface area contributed by atoms with Crippen LogP contribution in [0.3, 0.4) is 0 Å². The maximum Gasteiger partial charge on any atom is 0.226 e. The summed E-state index contributed by atoms with van der Waals surface area (Å²) >= 11 is 1.65. The quantitative estimate of drug-likeness (QED) is 0.850. The Balaban J connectivity index is 2.46. The third-order valence-electron chi connectivity index (χ3n) is 3.19. The van der Waals surface area contributed by atoms with E-state index in [1.807, 2.05) is 6.92 Å². The van der Waals surface area contributed by atoms with E-state index in [0.29, 0.717) is 12.6 Å². The molecule has 0 fully saturated rings. The molecular formula is C14H22N4OS. The van der Waals surface area contributed by atoms with Crippen LogP contribution in [-0.2, 0) is 4.74 Å². The lowest BCUT2D eigenvalue weighted by molar-refractivity contribution is 0.182. The SMILES string of the molecule is CCNc1nc(N(CC)C(C)COC)c2ccsc2n1. The Hall–Kier alpha value is -1.40. The highest BCUT2D eigenvalue weighted by Crippen LogP contribution is 2.30. The summed E-state index contributed by atoms with van der Waals surface area (Å²) in [4.78, 5) is 12.5. The van der Waals surface area contributed by atoms with Crippen molar-refractivity contribution in [3.63, 3.8) is 0 Å². The van der Waals surface area contributed by atoms with Crippen molar-refractivity contribution in [1.82, 2.24) is 9.97 Å². The molecule has 0 saturated heterocycles. The second-order valence-electron chi connectivity index (χ2n) is 4.63. The lowest BCUT2D eigenvalue weighted by Crippen LogP contribution is -2.37. The van der Waals surface area contributed by atoms with E-state index in [2.05, 4.69) is 40.5 Å². The lowest BCUT2D eigenvalue weighted by Gasteiger charge is -2.29. The van der Waals surface area contributed by atoms with E-state index in [1.54, 1.807) is 18.4 Å². The number of anilines is 2. The summed E-state index contributed by atoms with van der Waals surface area (Å²) in [6.45, 7) is 8.72. The van der Waals surface area contributed by atoms with Crippen LogP contribution < -0.4 is 10.2 Å². The van der Waals surface area contributed by atoms with Crippen LogP contribution >= 0.6 is 11.3 Å². The van der Waals surface area contributed by atoms with Crippen molar-refractivity contribution in [2.45, 2.75) is 26.8 Å². The standard InChI is InChI=1S/C14H22N4OS/c1-5-15-14-16-12(11-7-8-20-13(11)17-14)18(6-2)10(3)9-19-4/h7-8,10H,5-6,9H2,1-4H3,(H,15,16,17). The molecule has 0 aromatic carbocycles. The first kappa shape index (κ1) is 15.0. The van der Waals surface area contributed by atoms with Gasteiger partial charge in [0.05, 0.1) is 18.0 Å². The number of nitrogens with zero attached hydrogens (tertiary/aromatic N) is 3. The summed E-state index contributed by atoms with van der Waals surface area (Å²) in [5, 5.41) is 6.38. The largest absolute Gasteiger partial charge is 0.383 e. The molecular weight excluding hydrogens is 272 g/mol. The third kappa shape index (κ3) is 3.02. The first-order valence-electron chi connectivity index (χ1n) is 6.95. The summed E-state index contributed by atoms with van der Waals surface area (Å²) in [7, 11) is 1.73. The Morgan fingerprint density at radius 2 is 2.20 bits per heavy atom. The number of hydrogen-bond donors (Lipinski definition) is 1. The van der Waals surface area contributed by atoms with Gasteiger partial charge in [0.15, 0.2) is 0 Å². The zero-order valence-electron chi connectivity index (χ0n) is 12.5. The lowest BCUT2D eigenvalue weighted by atomic mass is 10.2. The zero-order chi connectivity index (χ0) is 14.5. The van der Waals surface area contributed by atoms with Gasteiger partial charge in [-0.1, -0.05) is 0 Å². The smallest absolute Gasteiger partial charge is 0.226 e. The second kappa shape index (κ2) is 6.85. The first-order chi connectivity index (χ1) is 9.71. The average Bonchev–Trinajstić information content (AvgIpc) is 2.88. The molecule has 2 aromatic rings. The van der Waals surface area contributed by atoms with E-state index in [0.717, 1.165) is 29.1 Å². The van der Waals surface area contributed by atoms with E-state index >= 15 is 0 Å². The Bertz CT molecular complexity index is 557. The van der Waals surface area contributed by atoms with Crippen molar-refractivity contribution >= 4 is 33.3 Å². The number of aromatic nitrogens is 2. The summed E-state index contributed by atoms with van der Waals surface area (Å²) in [6, 6.07) is 2.37. The molecule has 0 saturated carbocycles. The van der Waals surface area contributed by atoms with Crippen molar-refractivity contribution in [3.8, 4) is 0 Å². The fourth-order valence-electron chi connectivity index (χ4n) is 2.30. The molecule has 0 spiro atoms. The fourth-order valence-corrected chi connectivity index (χ4v) is 3.06. The molecule has 1 unspecified atom stereocenters. The van der Waals surface area contributed by atoms with E-state index in [9.17, 15) is 0 Å². The van der Waals surface area contributed by atoms with Crippen molar-refractivity contribution in [1.29, 1.82) is 0 Å². The number of fused-ring (bicyclic) bond motifs is 1. The highest BCUT2D eigenvalue weighted by molar-refractivity contribution is 7.16. The maximum atomic E-state index is 5.28. The van der Waals surface area contributed by atoms with Crippen LogP contribution in [-0.4, -0.2) is 42.8 Å². The Morgan fingerprint density at radius 3 is 2.85 bits per heavy atom. The van der Waals surface area contributed by atoms with Crippen LogP contribution in [0.5, 0.6) is 0 Å². The van der Waals surface area contributed by atoms with Crippen LogP contribution in [0.15, 0.2) is 11.4 Å². The van der Waals surface area contributed by atoms with E-state index in [-0.39, 0.29) is 6.04 Å². The fraction of sp³-hybridized carbons (Fsp3) is 0.571. The number of likely N-dealkylation sites (N-methyl/N-ethyl adjacent to an activating group) is 1. The molecule has 6 heteroatoms. The minimum atomic E-state index is 0.275. The Morgan fingerprint density at radius 1 is 1.40 bits per heavy atom. The molecule has 0 radical (unpaired) electrons. The third-order valence-corrected chi connectivity index (χ3v) is 4.00. The predicted octanol–water partition coefficient (Wildman–Crippen LogP) is 2.98. The summed E-state index contributed by atoms with van der Waals surface area (Å²) in [5.41, 5.74) is 0. The number of nitrogens with one attached hydrogen (secondary N) is 1. The summed E-state index contributed by atoms with van der Waals surface area (Å²) < 4.78 is 5.28. The molecule has 0 aliphatic carbocycles. The van der Waals surface area contributed by atoms with Crippen LogP contribution in [0.25, 0.3) is 10.2 Å². The topological polar surface area (TPSA) is 50.3 Å². The number of ether oxygens (including phenoxy) is 1. The van der Waals surface area contributed by atoms with Crippen molar-refractivity contribution < 1.29 is 4.74 Å². The van der Waals surface area contributed by atoms with Crippen molar-refractivity contribution in [2.24, 2.45) is 0 Å². The highest BCUT2D eigenvalue weighted by atomic mass is 32.1. The molecule has 0 bridgehead atoms. The minimum absolute atomic E-state index is 0.275. The second-order valence-corrected chi connectivity index (χ2v) is 5.53. The molecule has 0 amide bonds. The van der Waals surface area contributed by atoms with Gasteiger partial charge in [0.25, 0.3) is 0 Å². The van der Waals surface area contributed by atoms with Gasteiger partial charge >= 0.3 is 0 Å². The van der Waals surface area contributed by atoms with E-state index < -0.39 is 0 Å². The average molecular weight is 294 g/mol. The molecule has 0 aliphatic heterocycles. The Kier molecular flexibility index (Phi) is 5.14. The van der Waals surface area contributed by atoms with Crippen LogP contribution in [0.4, 0.5) is 11.8 Å². The minimum Gasteiger partial charge on any atom is -0.383 e. The van der Waals surface area contributed by atoms with Crippen LogP contribution in [0.1, 0.15) is 20.8 Å². The van der Waals surface area contributed by atoms with Gasteiger partial charge in [-0.2, -0.15) is 4.98 Å². The van der Waals surface area contributed by atoms with E-state index in [4.69, 9.17) is 9.72 Å². The molecule has 110 valence electrons. The first-order valence-corrected chi connectivity index (χ1v) is 7.83. The van der Waals surface area contributed by atoms with Gasteiger partial charge in [0, 0.05) is 20.2 Å². The van der Waals surface area contributed by atoms with Crippen LogP contribution in [0.2, 0.25) is 0 Å². The molecule has 0 aliphatic rings. The molecule has 2 aromatic heterocycles. The normalized spacial score (nSPS) is 12.6. The van der Waals surface area contributed by atoms with Gasteiger partial charge in [-0.15, -0.1) is 11.3 Å². The highest BCUT2D eigenvalue weighted by Gasteiger charge is 2.19. The molecule has 20 heavy (non-hydrogen) atoms. The van der Waals surface area contributed by atoms with Gasteiger partial charge in [-0.25, -0.2) is 4.98 Å². The number of rotatable bonds is 7. The molecule has 5 nitrogen and oxygen atoms in total. The van der Waals surface area contributed by atoms with Gasteiger partial charge in [-0.05, 0) is 32.2 Å². The zero-order valence-corrected chi connectivity index (χ0v) is 13.3. The predicted molar refractivity (Wildman–Crippen MR) is 85.9 cm³/mol. The summed E-state index contributed by atoms with van der Waals surface area (Å²) in [5.74, 6) is 1.68. The van der Waals surface area contributed by atoms with Crippen LogP contribution in [0, 0.1) is 0 Å². The van der Waals surface area contributed by atoms with Gasteiger partial charge in [-0.3, -0.25) is 0 Å². The molecule has 1 N–H and O–H groups in total. The van der Waals surface area contributed by atoms with Gasteiger partial charge in [0.2, 0.25) is 5.95 Å². The number of methoxy groups -OCH3 is 1. The molecule has 2 rings (SSSR count). The van der Waals surface area contributed by atoms with Gasteiger partial charge in [0.1, 0.15) is 10.6 Å². The van der Waals surface area contributed by atoms with E-state index in [1.165, 1.54) is 0 Å². The van der Waals surface area contributed by atoms with Crippen molar-refractivity contribution in [3.05, 3.63) is 11.4 Å². The maximum absolute atomic E-state index is 5.28. The van der Waals surface area contributed by atoms with Gasteiger partial charge < -0.3 is 15.0 Å². The Labute approximate surface area is 124 Å². The number of thiophene rings is 1.